The molecule has 0 aromatic heterocycles. The first-order valence-electron chi connectivity index (χ1n) is 7.96. The average molecular weight is 313 g/mol. The van der Waals surface area contributed by atoms with Crippen LogP contribution in [0.15, 0.2) is 48.5 Å². The molecule has 0 bridgehead atoms. The lowest BCUT2D eigenvalue weighted by molar-refractivity contribution is -0.143. The number of nitrogens with zero attached hydrogens (tertiary/aromatic N) is 1. The summed E-state index contributed by atoms with van der Waals surface area (Å²) in [7, 11) is 0. The van der Waals surface area contributed by atoms with Crippen LogP contribution in [0, 0.1) is 0 Å². The zero-order chi connectivity index (χ0) is 16.7. The number of rotatable bonds is 7. The van der Waals surface area contributed by atoms with Crippen molar-refractivity contribution in [2.45, 2.75) is 26.7 Å². The van der Waals surface area contributed by atoms with Crippen molar-refractivity contribution >= 4 is 17.3 Å². The second-order valence-corrected chi connectivity index (χ2v) is 5.16. The van der Waals surface area contributed by atoms with Crippen molar-refractivity contribution in [2.24, 2.45) is 0 Å². The van der Waals surface area contributed by atoms with Gasteiger partial charge in [0.15, 0.2) is 0 Å². The summed E-state index contributed by atoms with van der Waals surface area (Å²) in [5.74, 6) is -0.0364. The smallest absolute Gasteiger partial charge is 0.306 e. The predicted molar refractivity (Wildman–Crippen MR) is 92.2 cm³/mol. The highest BCUT2D eigenvalue weighted by molar-refractivity contribution is 5.73. The number of para-hydroxylation sites is 1. The summed E-state index contributed by atoms with van der Waals surface area (Å²) in [5, 5.41) is 10.2. The Balaban J connectivity index is 2.30. The molecular formula is C19H23NO3. The van der Waals surface area contributed by atoms with E-state index < -0.39 is 0 Å². The number of hydrogen-bond donors (Lipinski definition) is 1. The van der Waals surface area contributed by atoms with Gasteiger partial charge in [0, 0.05) is 29.9 Å². The molecule has 0 amide bonds. The second-order valence-electron chi connectivity index (χ2n) is 5.16. The number of hydrogen-bond acceptors (Lipinski definition) is 4. The molecule has 2 rings (SSSR count). The molecule has 0 spiro atoms. The molecule has 2 aromatic rings. The first-order chi connectivity index (χ1) is 11.2. The maximum atomic E-state index is 11.6. The van der Waals surface area contributed by atoms with Gasteiger partial charge in [-0.2, -0.15) is 0 Å². The molecule has 23 heavy (non-hydrogen) atoms. The van der Waals surface area contributed by atoms with E-state index in [-0.39, 0.29) is 18.1 Å². The molecule has 2 aromatic carbocycles. The van der Waals surface area contributed by atoms with Crippen molar-refractivity contribution < 1.29 is 14.6 Å². The van der Waals surface area contributed by atoms with Gasteiger partial charge in [0.25, 0.3) is 0 Å². The third-order valence-electron chi connectivity index (χ3n) is 3.69. The van der Waals surface area contributed by atoms with Crippen LogP contribution in [-0.4, -0.2) is 24.2 Å². The van der Waals surface area contributed by atoms with Gasteiger partial charge in [-0.05, 0) is 44.5 Å². The molecule has 4 heteroatoms. The van der Waals surface area contributed by atoms with E-state index in [1.807, 2.05) is 42.5 Å². The van der Waals surface area contributed by atoms with Crippen LogP contribution in [0.25, 0.3) is 0 Å². The number of anilines is 2. The van der Waals surface area contributed by atoms with Crippen LogP contribution in [0.3, 0.4) is 0 Å². The van der Waals surface area contributed by atoms with Crippen LogP contribution in [0.5, 0.6) is 5.75 Å². The van der Waals surface area contributed by atoms with Gasteiger partial charge in [0.1, 0.15) is 5.75 Å². The third kappa shape index (κ3) is 4.25. The summed E-state index contributed by atoms with van der Waals surface area (Å²) in [6.07, 6.45) is 0.703. The summed E-state index contributed by atoms with van der Waals surface area (Å²) in [6, 6.07) is 15.5. The largest absolute Gasteiger partial charge is 0.508 e. The van der Waals surface area contributed by atoms with Crippen molar-refractivity contribution in [3.8, 4) is 5.75 Å². The molecule has 0 fully saturated rings. The molecule has 0 aliphatic rings. The van der Waals surface area contributed by atoms with Crippen molar-refractivity contribution in [3.05, 3.63) is 54.1 Å². The van der Waals surface area contributed by atoms with Gasteiger partial charge in [-0.15, -0.1) is 0 Å². The van der Waals surface area contributed by atoms with Gasteiger partial charge in [0.2, 0.25) is 0 Å². The number of benzene rings is 2. The van der Waals surface area contributed by atoms with E-state index in [9.17, 15) is 9.90 Å². The van der Waals surface area contributed by atoms with Gasteiger partial charge in [-0.25, -0.2) is 0 Å². The molecule has 0 saturated heterocycles. The molecule has 4 nitrogen and oxygen atoms in total. The van der Waals surface area contributed by atoms with E-state index in [0.717, 1.165) is 23.5 Å². The first-order valence-corrected chi connectivity index (χ1v) is 7.96. The average Bonchev–Trinajstić information content (AvgIpc) is 2.56. The Morgan fingerprint density at radius 3 is 2.48 bits per heavy atom. The Morgan fingerprint density at radius 2 is 1.83 bits per heavy atom. The summed E-state index contributed by atoms with van der Waals surface area (Å²) < 4.78 is 4.98. The number of carbonyl (C=O) groups excluding carboxylic acids is 1. The van der Waals surface area contributed by atoms with Crippen LogP contribution >= 0.6 is 0 Å². The topological polar surface area (TPSA) is 49.8 Å². The summed E-state index contributed by atoms with van der Waals surface area (Å²) in [4.78, 5) is 13.8. The van der Waals surface area contributed by atoms with E-state index in [2.05, 4.69) is 11.8 Å². The van der Waals surface area contributed by atoms with E-state index >= 15 is 0 Å². The summed E-state index contributed by atoms with van der Waals surface area (Å²) >= 11 is 0. The van der Waals surface area contributed by atoms with Crippen molar-refractivity contribution in [1.29, 1.82) is 0 Å². The molecule has 122 valence electrons. The summed E-state index contributed by atoms with van der Waals surface area (Å²) in [6.45, 7) is 4.99. The minimum Gasteiger partial charge on any atom is -0.508 e. The Bertz CT molecular complexity index is 640. The second kappa shape index (κ2) is 8.22. The van der Waals surface area contributed by atoms with Crippen molar-refractivity contribution in [3.63, 3.8) is 0 Å². The standard InChI is InChI=1S/C19H23NO3/c1-3-20(15-9-6-5-7-10-15)17-11-8-12-18(21)16(17)13-14-19(22)23-4-2/h5-12,21H,3-4,13-14H2,1-2H3. The molecule has 0 unspecified atom stereocenters. The van der Waals surface area contributed by atoms with Crippen LogP contribution in [0.1, 0.15) is 25.8 Å². The molecule has 0 heterocycles. The van der Waals surface area contributed by atoms with E-state index in [0.29, 0.717) is 13.0 Å². The van der Waals surface area contributed by atoms with Crippen LogP contribution in [-0.2, 0) is 16.0 Å². The fourth-order valence-corrected chi connectivity index (χ4v) is 2.63. The molecule has 0 atom stereocenters. The lowest BCUT2D eigenvalue weighted by atomic mass is 10.0. The van der Waals surface area contributed by atoms with Gasteiger partial charge in [-0.3, -0.25) is 4.79 Å². The van der Waals surface area contributed by atoms with Crippen LogP contribution in [0.2, 0.25) is 0 Å². The van der Waals surface area contributed by atoms with Gasteiger partial charge >= 0.3 is 5.97 Å². The number of phenols is 1. The van der Waals surface area contributed by atoms with Crippen molar-refractivity contribution in [1.82, 2.24) is 0 Å². The number of carbonyl (C=O) groups is 1. The molecule has 0 saturated carbocycles. The Hall–Kier alpha value is -2.49. The normalized spacial score (nSPS) is 10.3. The van der Waals surface area contributed by atoms with Crippen LogP contribution < -0.4 is 4.90 Å². The van der Waals surface area contributed by atoms with E-state index in [1.54, 1.807) is 13.0 Å². The quantitative estimate of drug-likeness (QED) is 0.784. The number of esters is 1. The van der Waals surface area contributed by atoms with Crippen LogP contribution in [0.4, 0.5) is 11.4 Å². The van der Waals surface area contributed by atoms with Gasteiger partial charge in [0.05, 0.1) is 6.61 Å². The lowest BCUT2D eigenvalue weighted by Gasteiger charge is -2.26. The molecule has 0 radical (unpaired) electrons. The Labute approximate surface area is 137 Å². The van der Waals surface area contributed by atoms with E-state index in [4.69, 9.17) is 4.74 Å². The molecule has 0 aliphatic heterocycles. The molecular weight excluding hydrogens is 290 g/mol. The highest BCUT2D eigenvalue weighted by Crippen LogP contribution is 2.34. The maximum absolute atomic E-state index is 11.6. The lowest BCUT2D eigenvalue weighted by Crippen LogP contribution is -2.18. The van der Waals surface area contributed by atoms with Gasteiger partial charge < -0.3 is 14.7 Å². The fraction of sp³-hybridized carbons (Fsp3) is 0.316. The number of ether oxygens (including phenoxy) is 1. The zero-order valence-electron chi connectivity index (χ0n) is 13.7. The number of phenolic OH excluding ortho intramolecular Hbond substituents is 1. The maximum Gasteiger partial charge on any atom is 0.306 e. The molecule has 0 aliphatic carbocycles. The zero-order valence-corrected chi connectivity index (χ0v) is 13.7. The predicted octanol–water partition coefficient (Wildman–Crippen LogP) is 4.05. The molecule has 1 N–H and O–H groups in total. The van der Waals surface area contributed by atoms with Crippen molar-refractivity contribution in [2.75, 3.05) is 18.1 Å². The number of aromatic hydroxyl groups is 1. The SMILES string of the molecule is CCOC(=O)CCc1c(O)cccc1N(CC)c1ccccc1. The highest BCUT2D eigenvalue weighted by Gasteiger charge is 2.16. The minimum atomic E-state index is -0.246. The summed E-state index contributed by atoms with van der Waals surface area (Å²) in [5.41, 5.74) is 2.74. The third-order valence-corrected chi connectivity index (χ3v) is 3.69. The van der Waals surface area contributed by atoms with E-state index in [1.165, 1.54) is 0 Å². The fourth-order valence-electron chi connectivity index (χ4n) is 2.63. The Kier molecular flexibility index (Phi) is 6.03. The minimum absolute atomic E-state index is 0.209. The Morgan fingerprint density at radius 1 is 1.09 bits per heavy atom. The van der Waals surface area contributed by atoms with Gasteiger partial charge in [-0.1, -0.05) is 24.3 Å². The first kappa shape index (κ1) is 16.9. The highest BCUT2D eigenvalue weighted by atomic mass is 16.5. The monoisotopic (exact) mass is 313 g/mol.